The second-order valence-electron chi connectivity index (χ2n) is 4.81. The largest absolute Gasteiger partial charge is 0.418 e. The van der Waals surface area contributed by atoms with E-state index in [-0.39, 0.29) is 11.1 Å². The first-order valence-electron chi connectivity index (χ1n) is 6.47. The van der Waals surface area contributed by atoms with Crippen LogP contribution < -0.4 is 0 Å². The van der Waals surface area contributed by atoms with Crippen molar-refractivity contribution in [1.29, 1.82) is 0 Å². The van der Waals surface area contributed by atoms with E-state index in [4.69, 9.17) is 5.11 Å². The van der Waals surface area contributed by atoms with Crippen LogP contribution in [0.3, 0.4) is 0 Å². The van der Waals surface area contributed by atoms with Gasteiger partial charge in [-0.05, 0) is 16.7 Å². The molecule has 0 aliphatic heterocycles. The molecule has 2 nitrogen and oxygen atoms in total. The Balaban J connectivity index is 2.21. The number of Topliss-reactive ketones (excluding diaryl/α,β-unsaturated/α-hetero) is 1. The van der Waals surface area contributed by atoms with Crippen LogP contribution in [0.15, 0.2) is 48.5 Å². The van der Waals surface area contributed by atoms with Crippen LogP contribution >= 0.6 is 0 Å². The number of halogens is 5. The zero-order chi connectivity index (χ0) is 17.2. The average Bonchev–Trinajstić information content (AvgIpc) is 2.53. The van der Waals surface area contributed by atoms with Crippen molar-refractivity contribution >= 4 is 5.78 Å². The Labute approximate surface area is 128 Å². The molecular formula is C16H11F5O2. The highest BCUT2D eigenvalue weighted by Crippen LogP contribution is 2.33. The van der Waals surface area contributed by atoms with Crippen molar-refractivity contribution in [2.45, 2.75) is 18.7 Å². The zero-order valence-corrected chi connectivity index (χ0v) is 11.5. The minimum Gasteiger partial charge on any atom is -0.379 e. The maximum absolute atomic E-state index is 12.4. The number of aliphatic hydroxyl groups excluding tert-OH is 1. The quantitative estimate of drug-likeness (QED) is 0.666. The third kappa shape index (κ3) is 3.92. The lowest BCUT2D eigenvalue weighted by molar-refractivity contribution is -0.206. The Bertz CT molecular complexity index is 675. The summed E-state index contributed by atoms with van der Waals surface area (Å²) in [6.45, 7) is 0. The first-order chi connectivity index (χ1) is 10.7. The molecule has 1 unspecified atom stereocenters. The van der Waals surface area contributed by atoms with Crippen molar-refractivity contribution in [3.05, 3.63) is 59.7 Å². The Morgan fingerprint density at radius 1 is 0.870 bits per heavy atom. The summed E-state index contributed by atoms with van der Waals surface area (Å²) in [5, 5.41) is 9.13. The van der Waals surface area contributed by atoms with E-state index in [2.05, 4.69) is 0 Å². The van der Waals surface area contributed by atoms with Gasteiger partial charge in [0.1, 0.15) is 0 Å². The van der Waals surface area contributed by atoms with Gasteiger partial charge in [0.15, 0.2) is 6.10 Å². The topological polar surface area (TPSA) is 37.3 Å². The molecule has 0 aromatic heterocycles. The van der Waals surface area contributed by atoms with Crippen LogP contribution in [-0.4, -0.2) is 23.5 Å². The third-order valence-corrected chi connectivity index (χ3v) is 3.24. The average molecular weight is 330 g/mol. The molecule has 2 rings (SSSR count). The molecule has 0 bridgehead atoms. The summed E-state index contributed by atoms with van der Waals surface area (Å²) in [4.78, 5) is 11.1. The molecule has 2 aromatic carbocycles. The highest BCUT2D eigenvalue weighted by molar-refractivity contribution is 5.98. The highest BCUT2D eigenvalue weighted by Gasteiger charge is 2.39. The predicted octanol–water partition coefficient (Wildman–Crippen LogP) is 4.40. The first kappa shape index (κ1) is 17.1. The van der Waals surface area contributed by atoms with Crippen LogP contribution in [-0.2, 0) is 0 Å². The molecule has 0 spiro atoms. The monoisotopic (exact) mass is 330 g/mol. The molecule has 2 aromatic rings. The third-order valence-electron chi connectivity index (χ3n) is 3.24. The number of hydrogen-bond donors (Lipinski definition) is 1. The lowest BCUT2D eigenvalue weighted by Gasteiger charge is -2.15. The predicted molar refractivity (Wildman–Crippen MR) is 73.2 cm³/mol. The second-order valence-corrected chi connectivity index (χ2v) is 4.81. The van der Waals surface area contributed by atoms with Crippen LogP contribution in [0, 0.1) is 0 Å². The molecule has 0 saturated carbocycles. The van der Waals surface area contributed by atoms with Gasteiger partial charge < -0.3 is 5.11 Å². The highest BCUT2D eigenvalue weighted by atomic mass is 19.4. The second kappa shape index (κ2) is 6.45. The van der Waals surface area contributed by atoms with E-state index in [1.807, 2.05) is 0 Å². The molecule has 0 aliphatic rings. The van der Waals surface area contributed by atoms with Crippen LogP contribution in [0.4, 0.5) is 22.0 Å². The molecule has 0 fully saturated rings. The van der Waals surface area contributed by atoms with Crippen LogP contribution in [0.25, 0.3) is 11.1 Å². The number of rotatable bonds is 4. The fraction of sp³-hybridized carbons (Fsp3) is 0.188. The van der Waals surface area contributed by atoms with Crippen LogP contribution in [0.1, 0.15) is 22.0 Å². The van der Waals surface area contributed by atoms with Gasteiger partial charge in [-0.2, -0.15) is 13.2 Å². The van der Waals surface area contributed by atoms with E-state index >= 15 is 0 Å². The standard InChI is InChI=1S/C16H11F5O2/c17-15(18)13(22)11-5-1-9(2-6-11)10-3-7-12(8-4-10)14(23)16(19,20)21/h1-8,14-15,23H. The molecular weight excluding hydrogens is 319 g/mol. The molecule has 0 heterocycles. The lowest BCUT2D eigenvalue weighted by atomic mass is 10.00. The van der Waals surface area contributed by atoms with E-state index in [0.717, 1.165) is 12.1 Å². The molecule has 1 N–H and O–H groups in total. The number of aliphatic hydroxyl groups is 1. The maximum atomic E-state index is 12.4. The van der Waals surface area contributed by atoms with Crippen molar-refractivity contribution in [3.8, 4) is 11.1 Å². The summed E-state index contributed by atoms with van der Waals surface area (Å²) in [7, 11) is 0. The van der Waals surface area contributed by atoms with Crippen molar-refractivity contribution in [3.63, 3.8) is 0 Å². The Kier molecular flexibility index (Phi) is 4.79. The van der Waals surface area contributed by atoms with Crippen molar-refractivity contribution in [2.24, 2.45) is 0 Å². The van der Waals surface area contributed by atoms with Gasteiger partial charge in [0.25, 0.3) is 0 Å². The van der Waals surface area contributed by atoms with Crippen molar-refractivity contribution in [1.82, 2.24) is 0 Å². The fourth-order valence-corrected chi connectivity index (χ4v) is 2.00. The minimum atomic E-state index is -4.75. The van der Waals surface area contributed by atoms with E-state index in [9.17, 15) is 26.7 Å². The van der Waals surface area contributed by atoms with Crippen LogP contribution in [0.5, 0.6) is 0 Å². The molecule has 0 amide bonds. The van der Waals surface area contributed by atoms with Gasteiger partial charge in [-0.3, -0.25) is 4.79 Å². The smallest absolute Gasteiger partial charge is 0.379 e. The van der Waals surface area contributed by atoms with E-state index < -0.39 is 24.5 Å². The maximum Gasteiger partial charge on any atom is 0.418 e. The zero-order valence-electron chi connectivity index (χ0n) is 11.5. The summed E-state index contributed by atoms with van der Waals surface area (Å²) in [6, 6.07) is 10.3. The summed E-state index contributed by atoms with van der Waals surface area (Å²) in [6.07, 6.45) is -10.4. The van der Waals surface area contributed by atoms with Crippen molar-refractivity contribution < 1.29 is 31.9 Å². The Hall–Kier alpha value is -2.28. The number of alkyl halides is 5. The fourth-order valence-electron chi connectivity index (χ4n) is 2.00. The molecule has 0 radical (unpaired) electrons. The summed E-state index contributed by atoms with van der Waals surface area (Å²) in [5.41, 5.74) is 0.627. The molecule has 0 aliphatic carbocycles. The minimum absolute atomic E-state index is 0.145. The molecule has 0 saturated heterocycles. The number of benzene rings is 2. The molecule has 23 heavy (non-hydrogen) atoms. The van der Waals surface area contributed by atoms with Crippen LogP contribution in [0.2, 0.25) is 0 Å². The Morgan fingerprint density at radius 3 is 1.70 bits per heavy atom. The van der Waals surface area contributed by atoms with Gasteiger partial charge in [-0.1, -0.05) is 48.5 Å². The number of carbonyl (C=O) groups is 1. The summed E-state index contributed by atoms with van der Waals surface area (Å²) < 4.78 is 61.8. The lowest BCUT2D eigenvalue weighted by Crippen LogP contribution is -2.19. The van der Waals surface area contributed by atoms with Gasteiger partial charge in [-0.15, -0.1) is 0 Å². The molecule has 1 atom stereocenters. The van der Waals surface area contributed by atoms with Gasteiger partial charge in [0, 0.05) is 5.56 Å². The summed E-state index contributed by atoms with van der Waals surface area (Å²) in [5.74, 6) is -1.29. The van der Waals surface area contributed by atoms with Gasteiger partial charge >= 0.3 is 12.6 Å². The summed E-state index contributed by atoms with van der Waals surface area (Å²) >= 11 is 0. The number of hydrogen-bond acceptors (Lipinski definition) is 2. The first-order valence-corrected chi connectivity index (χ1v) is 6.47. The van der Waals surface area contributed by atoms with Crippen molar-refractivity contribution in [2.75, 3.05) is 0 Å². The van der Waals surface area contributed by atoms with E-state index in [1.54, 1.807) is 0 Å². The van der Waals surface area contributed by atoms with E-state index in [0.29, 0.717) is 11.1 Å². The SMILES string of the molecule is O=C(c1ccc(-c2ccc(C(O)C(F)(F)F)cc2)cc1)C(F)F. The van der Waals surface area contributed by atoms with Gasteiger partial charge in [0.2, 0.25) is 5.78 Å². The number of carbonyl (C=O) groups excluding carboxylic acids is 1. The molecule has 122 valence electrons. The van der Waals surface area contributed by atoms with Gasteiger partial charge in [-0.25, -0.2) is 8.78 Å². The number of ketones is 1. The van der Waals surface area contributed by atoms with E-state index in [1.165, 1.54) is 36.4 Å². The Morgan fingerprint density at radius 2 is 1.30 bits per heavy atom. The molecule has 7 heteroatoms. The normalized spacial score (nSPS) is 13.2. The van der Waals surface area contributed by atoms with Gasteiger partial charge in [0.05, 0.1) is 0 Å².